The largest absolute Gasteiger partial charge is 0.496 e. The lowest BCUT2D eigenvalue weighted by Crippen LogP contribution is -2.60. The molecule has 1 atom stereocenters. The van der Waals surface area contributed by atoms with Crippen LogP contribution in [0.25, 0.3) is 0 Å². The lowest BCUT2D eigenvalue weighted by atomic mass is 10.0. The van der Waals surface area contributed by atoms with E-state index in [1.54, 1.807) is 6.07 Å². The van der Waals surface area contributed by atoms with Crippen molar-refractivity contribution >= 4 is 17.9 Å². The van der Waals surface area contributed by atoms with Gasteiger partial charge < -0.3 is 19.5 Å². The molecule has 0 radical (unpaired) electrons. The second-order valence-electron chi connectivity index (χ2n) is 8.13. The molecule has 0 saturated heterocycles. The maximum Gasteiger partial charge on any atom is 0.329 e. The summed E-state index contributed by atoms with van der Waals surface area (Å²) in [5, 5.41) is 18.6. The van der Waals surface area contributed by atoms with Crippen molar-refractivity contribution < 1.29 is 29.0 Å². The second kappa shape index (κ2) is 12.8. The van der Waals surface area contributed by atoms with Crippen LogP contribution in [0.15, 0.2) is 24.3 Å². The van der Waals surface area contributed by atoms with E-state index >= 15 is 0 Å². The molecule has 1 rings (SSSR count). The van der Waals surface area contributed by atoms with Gasteiger partial charge in [-0.3, -0.25) is 4.79 Å². The first-order valence-electron chi connectivity index (χ1n) is 11.0. The van der Waals surface area contributed by atoms with E-state index in [2.05, 4.69) is 0 Å². The summed E-state index contributed by atoms with van der Waals surface area (Å²) in [4.78, 5) is 40.3. The van der Waals surface area contributed by atoms with E-state index in [1.807, 2.05) is 38.1 Å². The van der Waals surface area contributed by atoms with Crippen molar-refractivity contribution in [3.05, 3.63) is 29.8 Å². The average molecular weight is 462 g/mol. The highest BCUT2D eigenvalue weighted by Crippen LogP contribution is 2.31. The van der Waals surface area contributed by atoms with Gasteiger partial charge in [-0.05, 0) is 32.8 Å². The number of benzene rings is 1. The molecule has 0 fully saturated rings. The molecule has 0 spiro atoms. The molecule has 1 aromatic rings. The molecule has 33 heavy (non-hydrogen) atoms. The normalized spacial score (nSPS) is 12.1. The number of amides is 3. The van der Waals surface area contributed by atoms with Gasteiger partial charge in [0, 0.05) is 18.5 Å². The molecular formula is C24H35N3O6. The van der Waals surface area contributed by atoms with Gasteiger partial charge in [-0.15, -0.1) is 0 Å². The minimum absolute atomic E-state index is 0.0520. The Morgan fingerprint density at radius 1 is 1.18 bits per heavy atom. The van der Waals surface area contributed by atoms with Crippen molar-refractivity contribution in [2.45, 2.75) is 71.6 Å². The summed E-state index contributed by atoms with van der Waals surface area (Å²) >= 11 is 0. The Morgan fingerprint density at radius 2 is 1.79 bits per heavy atom. The Kier molecular flexibility index (Phi) is 10.8. The Hall–Kier alpha value is -3.12. The summed E-state index contributed by atoms with van der Waals surface area (Å²) in [5.41, 5.74) is -1.05. The van der Waals surface area contributed by atoms with Gasteiger partial charge in [0.15, 0.2) is 0 Å². The van der Waals surface area contributed by atoms with E-state index in [1.165, 1.54) is 32.8 Å². The molecule has 182 valence electrons. The first kappa shape index (κ1) is 27.9. The molecule has 0 aliphatic carbocycles. The van der Waals surface area contributed by atoms with Gasteiger partial charge in [-0.2, -0.15) is 5.26 Å². The minimum Gasteiger partial charge on any atom is -0.496 e. The number of carboxylic acids is 1. The van der Waals surface area contributed by atoms with E-state index in [0.717, 1.165) is 4.90 Å². The van der Waals surface area contributed by atoms with Crippen LogP contribution in [-0.2, 0) is 14.3 Å². The van der Waals surface area contributed by atoms with Gasteiger partial charge >= 0.3 is 12.0 Å². The van der Waals surface area contributed by atoms with Crippen LogP contribution in [0.1, 0.15) is 65.5 Å². The zero-order chi connectivity index (χ0) is 25.2. The highest BCUT2D eigenvalue weighted by molar-refractivity contribution is 5.99. The first-order valence-corrected chi connectivity index (χ1v) is 11.0. The third kappa shape index (κ3) is 6.93. The minimum atomic E-state index is -1.74. The fourth-order valence-corrected chi connectivity index (χ4v) is 3.70. The molecule has 9 heteroatoms. The Labute approximate surface area is 195 Å². The number of methoxy groups -OCH3 is 1. The summed E-state index contributed by atoms with van der Waals surface area (Å²) in [5.74, 6) is -1.39. The predicted octanol–water partition coefficient (Wildman–Crippen LogP) is 3.99. The van der Waals surface area contributed by atoms with E-state index in [0.29, 0.717) is 24.2 Å². The van der Waals surface area contributed by atoms with Crippen molar-refractivity contribution in [3.63, 3.8) is 0 Å². The number of nitriles is 1. The molecule has 1 N–H and O–H groups in total. The Bertz CT molecular complexity index is 860. The highest BCUT2D eigenvalue weighted by atomic mass is 16.5. The lowest BCUT2D eigenvalue weighted by molar-refractivity contribution is -0.153. The lowest BCUT2D eigenvalue weighted by Gasteiger charge is -2.40. The third-order valence-corrected chi connectivity index (χ3v) is 5.60. The van der Waals surface area contributed by atoms with E-state index in [-0.39, 0.29) is 25.6 Å². The van der Waals surface area contributed by atoms with Gasteiger partial charge in [0.2, 0.25) is 5.91 Å². The zero-order valence-corrected chi connectivity index (χ0v) is 20.3. The topological polar surface area (TPSA) is 120 Å². The number of hydrogen-bond donors (Lipinski definition) is 1. The van der Waals surface area contributed by atoms with Crippen molar-refractivity contribution in [1.29, 1.82) is 5.26 Å². The zero-order valence-electron chi connectivity index (χ0n) is 20.3. The number of urea groups is 1. The van der Waals surface area contributed by atoms with Crippen LogP contribution in [0.2, 0.25) is 0 Å². The number of aliphatic carboxylic acids is 1. The maximum atomic E-state index is 13.7. The number of carbonyl (C=O) groups is 3. The molecule has 9 nitrogen and oxygen atoms in total. The standard InChI is InChI=1S/C24H35N3O6/c1-7-18(8-2)26(23(31)27(17(3)28)24(4,5)22(29)30)16-21(33-15-11-14-25)19-12-9-10-13-20(19)32-6/h9-10,12-13,18,21H,7-8,11,15-16H2,1-6H3,(H,29,30)/t21-/m0/s1. The Morgan fingerprint density at radius 3 is 2.27 bits per heavy atom. The number of rotatable bonds is 12. The van der Waals surface area contributed by atoms with E-state index in [9.17, 15) is 19.5 Å². The molecule has 0 aliphatic rings. The summed E-state index contributed by atoms with van der Waals surface area (Å²) in [6.45, 7) is 7.85. The van der Waals surface area contributed by atoms with Gasteiger partial charge in [0.1, 0.15) is 17.4 Å². The smallest absolute Gasteiger partial charge is 0.329 e. The van der Waals surface area contributed by atoms with E-state index in [4.69, 9.17) is 14.7 Å². The number of nitrogens with zero attached hydrogens (tertiary/aromatic N) is 3. The molecule has 0 bridgehead atoms. The fraction of sp³-hybridized carbons (Fsp3) is 0.583. The SMILES string of the molecule is CCC(CC)N(C[C@H](OCCC#N)c1ccccc1OC)C(=O)N(C(C)=O)C(C)(C)C(=O)O. The Balaban J connectivity index is 3.50. The van der Waals surface area contributed by atoms with Crippen LogP contribution >= 0.6 is 0 Å². The van der Waals surface area contributed by atoms with Gasteiger partial charge in [0.25, 0.3) is 0 Å². The molecule has 0 aliphatic heterocycles. The summed E-state index contributed by atoms with van der Waals surface area (Å²) < 4.78 is 11.5. The average Bonchev–Trinajstić information content (AvgIpc) is 2.77. The van der Waals surface area contributed by atoms with Crippen LogP contribution in [0.3, 0.4) is 0 Å². The first-order chi connectivity index (χ1) is 15.6. The molecule has 1 aromatic carbocycles. The van der Waals surface area contributed by atoms with Crippen molar-refractivity contribution in [1.82, 2.24) is 9.80 Å². The maximum absolute atomic E-state index is 13.7. The van der Waals surface area contributed by atoms with Crippen LogP contribution < -0.4 is 4.74 Å². The van der Waals surface area contributed by atoms with Crippen molar-refractivity contribution in [2.75, 3.05) is 20.3 Å². The number of carbonyl (C=O) groups excluding carboxylic acids is 2. The molecule has 0 saturated carbocycles. The van der Waals surface area contributed by atoms with Gasteiger partial charge in [-0.1, -0.05) is 32.0 Å². The predicted molar refractivity (Wildman–Crippen MR) is 123 cm³/mol. The van der Waals surface area contributed by atoms with Crippen LogP contribution in [0, 0.1) is 11.3 Å². The summed E-state index contributed by atoms with van der Waals surface area (Å²) in [6.07, 6.45) is 0.702. The van der Waals surface area contributed by atoms with Crippen LogP contribution in [0.5, 0.6) is 5.75 Å². The quantitative estimate of drug-likeness (QED) is 0.467. The number of para-hydroxylation sites is 1. The number of ether oxygens (including phenoxy) is 2. The van der Waals surface area contributed by atoms with Gasteiger partial charge in [0.05, 0.1) is 32.8 Å². The van der Waals surface area contributed by atoms with Crippen LogP contribution in [0.4, 0.5) is 4.79 Å². The molecule has 0 aromatic heterocycles. The molecule has 0 unspecified atom stereocenters. The molecular weight excluding hydrogens is 426 g/mol. The summed E-state index contributed by atoms with van der Waals surface area (Å²) in [6, 6.07) is 8.29. The number of carboxylic acid groups (broad SMARTS) is 1. The second-order valence-corrected chi connectivity index (χ2v) is 8.13. The number of hydrogen-bond acceptors (Lipinski definition) is 6. The van der Waals surface area contributed by atoms with Crippen molar-refractivity contribution in [2.24, 2.45) is 0 Å². The monoisotopic (exact) mass is 461 g/mol. The molecule has 0 heterocycles. The van der Waals surface area contributed by atoms with Crippen molar-refractivity contribution in [3.8, 4) is 11.8 Å². The summed E-state index contributed by atoms with van der Waals surface area (Å²) in [7, 11) is 1.53. The highest BCUT2D eigenvalue weighted by Gasteiger charge is 2.44. The van der Waals surface area contributed by atoms with E-state index < -0.39 is 29.6 Å². The fourth-order valence-electron chi connectivity index (χ4n) is 3.70. The third-order valence-electron chi connectivity index (χ3n) is 5.60. The number of imide groups is 1. The molecule has 3 amide bonds. The van der Waals surface area contributed by atoms with Gasteiger partial charge in [-0.25, -0.2) is 14.5 Å². The van der Waals surface area contributed by atoms with Crippen LogP contribution in [-0.4, -0.2) is 64.7 Å².